The summed E-state index contributed by atoms with van der Waals surface area (Å²) in [4.78, 5) is 29.1. The minimum absolute atomic E-state index is 0.128. The van der Waals surface area contributed by atoms with Crippen LogP contribution >= 0.6 is 0 Å². The van der Waals surface area contributed by atoms with Gasteiger partial charge in [-0.25, -0.2) is 0 Å². The van der Waals surface area contributed by atoms with E-state index in [-0.39, 0.29) is 12.3 Å². The van der Waals surface area contributed by atoms with Crippen LogP contribution in [0.2, 0.25) is 0 Å². The average molecular weight is 507 g/mol. The van der Waals surface area contributed by atoms with E-state index in [4.69, 9.17) is 10.1 Å². The first-order chi connectivity index (χ1) is 18.4. The molecule has 0 atom stereocenters. The van der Waals surface area contributed by atoms with Gasteiger partial charge in [0.2, 0.25) is 0 Å². The molecule has 5 nitrogen and oxygen atoms in total. The fraction of sp³-hybridized carbons (Fsp3) is 0.303. The first-order valence-electron chi connectivity index (χ1n) is 13.5. The molecule has 1 aliphatic rings. The number of nitrogens with one attached hydrogen (secondary N) is 1. The normalized spacial score (nSPS) is 17.3. The molecule has 1 saturated carbocycles. The monoisotopic (exact) mass is 506 g/mol. The molecule has 38 heavy (non-hydrogen) atoms. The first-order valence-corrected chi connectivity index (χ1v) is 13.5. The number of fused-ring (bicyclic) bond motifs is 1. The molecular weight excluding hydrogens is 472 g/mol. The van der Waals surface area contributed by atoms with Gasteiger partial charge in [0.1, 0.15) is 0 Å². The van der Waals surface area contributed by atoms with Crippen molar-refractivity contribution >= 4 is 28.5 Å². The lowest BCUT2D eigenvalue weighted by Gasteiger charge is -2.28. The Morgan fingerprint density at radius 3 is 2.34 bits per heavy atom. The van der Waals surface area contributed by atoms with Crippen molar-refractivity contribution in [1.82, 2.24) is 4.98 Å². The predicted octanol–water partition coefficient (Wildman–Crippen LogP) is 7.77. The average Bonchev–Trinajstić information content (AvgIpc) is 2.92. The number of carbonyl (C=O) groups is 2. The van der Waals surface area contributed by atoms with Gasteiger partial charge in [-0.1, -0.05) is 61.5 Å². The second kappa shape index (κ2) is 11.2. The van der Waals surface area contributed by atoms with Crippen LogP contribution in [0.15, 0.2) is 72.8 Å². The van der Waals surface area contributed by atoms with Gasteiger partial charge in [-0.3, -0.25) is 14.6 Å². The number of anilines is 1. The Bertz CT molecular complexity index is 1470. The van der Waals surface area contributed by atoms with Crippen LogP contribution in [0.3, 0.4) is 0 Å². The number of aromatic nitrogens is 1. The number of para-hydroxylation sites is 1. The molecule has 1 fully saturated rings. The molecule has 0 aliphatic heterocycles. The number of pyridine rings is 1. The zero-order valence-corrected chi connectivity index (χ0v) is 22.0. The van der Waals surface area contributed by atoms with Crippen LogP contribution in [0.5, 0.6) is 0 Å². The van der Waals surface area contributed by atoms with Crippen molar-refractivity contribution in [2.24, 2.45) is 5.92 Å². The minimum atomic E-state index is -0.688. The highest BCUT2D eigenvalue weighted by Crippen LogP contribution is 2.38. The van der Waals surface area contributed by atoms with Gasteiger partial charge < -0.3 is 10.4 Å². The molecule has 0 spiro atoms. The lowest BCUT2D eigenvalue weighted by molar-refractivity contribution is -0.138. The second-order valence-electron chi connectivity index (χ2n) is 10.4. The van der Waals surface area contributed by atoms with Crippen LogP contribution in [0, 0.1) is 12.8 Å². The fourth-order valence-electron chi connectivity index (χ4n) is 5.76. The number of carboxylic acid groups (broad SMARTS) is 1. The number of hydrogen-bond donors (Lipinski definition) is 2. The van der Waals surface area contributed by atoms with Crippen LogP contribution in [0.1, 0.15) is 72.1 Å². The lowest BCUT2D eigenvalue weighted by atomic mass is 9.77. The van der Waals surface area contributed by atoms with Crippen LogP contribution in [0.4, 0.5) is 5.69 Å². The second-order valence-corrected chi connectivity index (χ2v) is 10.4. The van der Waals surface area contributed by atoms with E-state index in [1.807, 2.05) is 43.3 Å². The molecule has 1 amide bonds. The number of nitrogens with zero attached hydrogens (tertiary/aromatic N) is 1. The van der Waals surface area contributed by atoms with Crippen molar-refractivity contribution in [1.29, 1.82) is 0 Å². The number of aliphatic carboxylic acids is 1. The third-order valence-corrected chi connectivity index (χ3v) is 7.85. The van der Waals surface area contributed by atoms with Crippen molar-refractivity contribution in [3.63, 3.8) is 0 Å². The summed E-state index contributed by atoms with van der Waals surface area (Å²) in [6.07, 6.45) is 5.19. The van der Waals surface area contributed by atoms with Gasteiger partial charge in [-0.15, -0.1) is 0 Å². The van der Waals surface area contributed by atoms with Gasteiger partial charge in [-0.05, 0) is 91.3 Å². The Morgan fingerprint density at radius 2 is 1.63 bits per heavy atom. The predicted molar refractivity (Wildman–Crippen MR) is 153 cm³/mol. The standard InChI is InChI=1S/C33H34N2O3/c1-3-23-6-4-5-7-30(23)35-33(38)29-18-21(2)34-31-20-27(16-17-28(29)31)26-14-12-25(13-15-26)24-10-8-22(9-11-24)19-32(36)37/h4-7,12-18,20,22,24H,3,8-11,19H2,1-2H3,(H,35,38)(H,36,37)/t22-,24-. The number of aryl methyl sites for hydroxylation is 2. The van der Waals surface area contributed by atoms with E-state index in [0.29, 0.717) is 17.4 Å². The quantitative estimate of drug-likeness (QED) is 0.268. The number of carboxylic acids is 1. The topological polar surface area (TPSA) is 79.3 Å². The molecule has 5 heteroatoms. The van der Waals surface area contributed by atoms with Crippen LogP contribution < -0.4 is 5.32 Å². The van der Waals surface area contributed by atoms with Crippen LogP contribution in [-0.4, -0.2) is 22.0 Å². The third-order valence-electron chi connectivity index (χ3n) is 7.85. The van der Waals surface area contributed by atoms with Gasteiger partial charge in [0, 0.05) is 23.2 Å². The summed E-state index contributed by atoms with van der Waals surface area (Å²) in [5.74, 6) is -0.0112. The molecule has 1 aromatic heterocycles. The maximum atomic E-state index is 13.3. The van der Waals surface area contributed by atoms with Gasteiger partial charge in [0.25, 0.3) is 5.91 Å². The van der Waals surface area contributed by atoms with Crippen LogP contribution in [0.25, 0.3) is 22.0 Å². The fourth-order valence-corrected chi connectivity index (χ4v) is 5.76. The van der Waals surface area contributed by atoms with E-state index >= 15 is 0 Å². The minimum Gasteiger partial charge on any atom is -0.481 e. The van der Waals surface area contributed by atoms with Gasteiger partial charge in [0.15, 0.2) is 0 Å². The van der Waals surface area contributed by atoms with E-state index in [1.54, 1.807) is 0 Å². The first kappa shape index (κ1) is 25.7. The largest absolute Gasteiger partial charge is 0.481 e. The maximum Gasteiger partial charge on any atom is 0.303 e. The SMILES string of the molecule is CCc1ccccc1NC(=O)c1cc(C)nc2cc(-c3ccc([C@H]4CC[C@H](CC(=O)O)CC4)cc3)ccc12. The highest BCUT2D eigenvalue weighted by Gasteiger charge is 2.24. The molecule has 3 aromatic carbocycles. The molecule has 1 aliphatic carbocycles. The Labute approximate surface area is 223 Å². The number of rotatable bonds is 7. The summed E-state index contributed by atoms with van der Waals surface area (Å²) < 4.78 is 0. The number of benzene rings is 3. The van der Waals surface area contributed by atoms with Gasteiger partial charge in [0.05, 0.1) is 11.1 Å². The third kappa shape index (κ3) is 5.62. The molecule has 1 heterocycles. The highest BCUT2D eigenvalue weighted by molar-refractivity contribution is 6.13. The Morgan fingerprint density at radius 1 is 0.921 bits per heavy atom. The molecule has 0 saturated heterocycles. The summed E-state index contributed by atoms with van der Waals surface area (Å²) in [5.41, 5.74) is 7.68. The molecular formula is C33H34N2O3. The molecule has 0 bridgehead atoms. The van der Waals surface area contributed by atoms with E-state index in [2.05, 4.69) is 48.6 Å². The zero-order valence-electron chi connectivity index (χ0n) is 22.0. The van der Waals surface area contributed by atoms with Crippen molar-refractivity contribution in [3.05, 3.63) is 95.2 Å². The zero-order chi connectivity index (χ0) is 26.6. The summed E-state index contributed by atoms with van der Waals surface area (Å²) in [5, 5.41) is 13.0. The number of amides is 1. The summed E-state index contributed by atoms with van der Waals surface area (Å²) in [6, 6.07) is 24.6. The molecule has 0 radical (unpaired) electrons. The number of carbonyl (C=O) groups excluding carboxylic acids is 1. The van der Waals surface area contributed by atoms with Crippen molar-refractivity contribution in [2.75, 3.05) is 5.32 Å². The van der Waals surface area contributed by atoms with E-state index in [9.17, 15) is 9.59 Å². The molecule has 5 rings (SSSR count). The summed E-state index contributed by atoms with van der Waals surface area (Å²) >= 11 is 0. The molecule has 4 aromatic rings. The molecule has 2 N–H and O–H groups in total. The summed E-state index contributed by atoms with van der Waals surface area (Å²) in [7, 11) is 0. The van der Waals surface area contributed by atoms with Crippen molar-refractivity contribution in [2.45, 2.75) is 58.3 Å². The van der Waals surface area contributed by atoms with E-state index in [0.717, 1.165) is 71.1 Å². The Balaban J connectivity index is 1.35. The van der Waals surface area contributed by atoms with E-state index in [1.165, 1.54) is 5.56 Å². The van der Waals surface area contributed by atoms with Crippen molar-refractivity contribution in [3.8, 4) is 11.1 Å². The van der Waals surface area contributed by atoms with Gasteiger partial charge in [-0.2, -0.15) is 0 Å². The highest BCUT2D eigenvalue weighted by atomic mass is 16.4. The Hall–Kier alpha value is -3.99. The molecule has 194 valence electrons. The van der Waals surface area contributed by atoms with Crippen LogP contribution in [-0.2, 0) is 11.2 Å². The lowest BCUT2D eigenvalue weighted by Crippen LogP contribution is -2.16. The maximum absolute atomic E-state index is 13.3. The van der Waals surface area contributed by atoms with E-state index < -0.39 is 5.97 Å². The number of hydrogen-bond acceptors (Lipinski definition) is 3. The van der Waals surface area contributed by atoms with Crippen molar-refractivity contribution < 1.29 is 14.7 Å². The smallest absolute Gasteiger partial charge is 0.303 e. The molecule has 0 unspecified atom stereocenters. The Kier molecular flexibility index (Phi) is 7.54. The summed E-state index contributed by atoms with van der Waals surface area (Å²) in [6.45, 7) is 4.00. The van der Waals surface area contributed by atoms with Gasteiger partial charge >= 0.3 is 5.97 Å².